The topological polar surface area (TPSA) is 88.0 Å². The van der Waals surface area contributed by atoms with Crippen LogP contribution in [-0.2, 0) is 6.61 Å². The molecule has 3 aromatic carbocycles. The number of carbonyl (C=O) groups is 2. The molecule has 0 spiro atoms. The van der Waals surface area contributed by atoms with Gasteiger partial charge in [-0.1, -0.05) is 12.1 Å². The number of benzene rings is 3. The molecule has 3 aromatic rings. The number of rotatable bonds is 7. The largest absolute Gasteiger partial charge is 0.489 e. The van der Waals surface area contributed by atoms with Crippen LogP contribution in [0.2, 0.25) is 0 Å². The van der Waals surface area contributed by atoms with E-state index in [2.05, 4.69) is 33.1 Å². The molecule has 0 aliphatic carbocycles. The van der Waals surface area contributed by atoms with E-state index in [0.29, 0.717) is 17.9 Å². The molecule has 0 saturated heterocycles. The monoisotopic (exact) mass is 500 g/mol. The van der Waals surface area contributed by atoms with Crippen LogP contribution < -0.4 is 10.2 Å². The van der Waals surface area contributed by atoms with Crippen molar-refractivity contribution in [1.82, 2.24) is 5.43 Å². The molecule has 6 nitrogen and oxygen atoms in total. The molecule has 0 bridgehead atoms. The Bertz CT molecular complexity index is 1010. The van der Waals surface area contributed by atoms with E-state index < -0.39 is 5.97 Å². The molecule has 1 amide bonds. The first-order valence-corrected chi connectivity index (χ1v) is 9.73. The molecule has 0 aromatic heterocycles. The maximum atomic E-state index is 12.0. The number of carboxylic acid groups (broad SMARTS) is 1. The Morgan fingerprint density at radius 2 is 1.55 bits per heavy atom. The second-order valence-corrected chi connectivity index (χ2v) is 7.31. The minimum Gasteiger partial charge on any atom is -0.489 e. The summed E-state index contributed by atoms with van der Waals surface area (Å²) in [5, 5.41) is 12.9. The molecule has 0 radical (unpaired) electrons. The predicted octanol–water partition coefficient (Wildman–Crippen LogP) is 4.33. The highest BCUT2D eigenvalue weighted by Crippen LogP contribution is 2.14. The van der Waals surface area contributed by atoms with Crippen molar-refractivity contribution in [3.05, 3.63) is 98.6 Å². The lowest BCUT2D eigenvalue weighted by molar-refractivity contribution is 0.0696. The van der Waals surface area contributed by atoms with Gasteiger partial charge in [0.2, 0.25) is 0 Å². The number of carbonyl (C=O) groups excluding carboxylic acids is 1. The van der Waals surface area contributed by atoms with Crippen LogP contribution >= 0.6 is 22.6 Å². The second kappa shape index (κ2) is 9.83. The first kappa shape index (κ1) is 20.5. The van der Waals surface area contributed by atoms with Crippen molar-refractivity contribution in [1.29, 1.82) is 0 Å². The Morgan fingerprint density at radius 1 is 0.931 bits per heavy atom. The summed E-state index contributed by atoms with van der Waals surface area (Å²) in [4.78, 5) is 22.9. The van der Waals surface area contributed by atoms with Crippen molar-refractivity contribution in [3.63, 3.8) is 0 Å². The summed E-state index contributed by atoms with van der Waals surface area (Å²) in [5.74, 6) is -0.552. The van der Waals surface area contributed by atoms with Crippen LogP contribution in [0, 0.1) is 3.57 Å². The number of aromatic carboxylic acids is 1. The summed E-state index contributed by atoms with van der Waals surface area (Å²) in [5.41, 5.74) is 4.97. The van der Waals surface area contributed by atoms with Crippen LogP contribution in [0.5, 0.6) is 5.75 Å². The molecular formula is C22H17IN2O4. The first-order chi connectivity index (χ1) is 14.0. The van der Waals surface area contributed by atoms with Crippen LogP contribution in [0.4, 0.5) is 0 Å². The lowest BCUT2D eigenvalue weighted by atomic mass is 10.1. The normalized spacial score (nSPS) is 10.7. The third-order valence-corrected chi connectivity index (χ3v) is 4.69. The van der Waals surface area contributed by atoms with Crippen LogP contribution in [0.25, 0.3) is 0 Å². The van der Waals surface area contributed by atoms with E-state index in [4.69, 9.17) is 9.84 Å². The molecule has 29 heavy (non-hydrogen) atoms. The first-order valence-electron chi connectivity index (χ1n) is 8.65. The van der Waals surface area contributed by atoms with E-state index in [1.807, 2.05) is 24.3 Å². The Hall–Kier alpha value is -3.20. The highest BCUT2D eigenvalue weighted by atomic mass is 127. The van der Waals surface area contributed by atoms with Gasteiger partial charge in [-0.2, -0.15) is 5.10 Å². The molecule has 2 N–H and O–H groups in total. The number of amides is 1. The van der Waals surface area contributed by atoms with Gasteiger partial charge in [-0.25, -0.2) is 10.2 Å². The van der Waals surface area contributed by atoms with Gasteiger partial charge in [-0.3, -0.25) is 4.79 Å². The minimum atomic E-state index is -0.954. The van der Waals surface area contributed by atoms with Gasteiger partial charge in [0.05, 0.1) is 11.8 Å². The maximum absolute atomic E-state index is 12.0. The summed E-state index contributed by atoms with van der Waals surface area (Å²) in [7, 11) is 0. The average molecular weight is 500 g/mol. The van der Waals surface area contributed by atoms with E-state index in [1.54, 1.807) is 54.7 Å². The Balaban J connectivity index is 1.50. The summed E-state index contributed by atoms with van der Waals surface area (Å²) < 4.78 is 6.75. The zero-order valence-corrected chi connectivity index (χ0v) is 17.4. The van der Waals surface area contributed by atoms with Crippen molar-refractivity contribution < 1.29 is 19.4 Å². The van der Waals surface area contributed by atoms with E-state index >= 15 is 0 Å². The van der Waals surface area contributed by atoms with Crippen molar-refractivity contribution >= 4 is 40.7 Å². The fraction of sp³-hybridized carbons (Fsp3) is 0.0455. The van der Waals surface area contributed by atoms with Gasteiger partial charge in [0.25, 0.3) is 5.91 Å². The van der Waals surface area contributed by atoms with Crippen LogP contribution in [0.3, 0.4) is 0 Å². The number of halogens is 1. The molecule has 0 unspecified atom stereocenters. The fourth-order valence-corrected chi connectivity index (χ4v) is 2.75. The van der Waals surface area contributed by atoms with Crippen LogP contribution in [0.1, 0.15) is 31.8 Å². The van der Waals surface area contributed by atoms with Crippen LogP contribution in [0.15, 0.2) is 77.9 Å². The number of nitrogens with zero attached hydrogens (tertiary/aromatic N) is 1. The molecule has 0 heterocycles. The van der Waals surface area contributed by atoms with Gasteiger partial charge in [-0.05, 0) is 94.4 Å². The van der Waals surface area contributed by atoms with Gasteiger partial charge in [0.15, 0.2) is 0 Å². The summed E-state index contributed by atoms with van der Waals surface area (Å²) >= 11 is 2.18. The van der Waals surface area contributed by atoms with Crippen molar-refractivity contribution in [2.45, 2.75) is 6.61 Å². The van der Waals surface area contributed by atoms with Gasteiger partial charge >= 0.3 is 5.97 Å². The third kappa shape index (κ3) is 6.15. The molecule has 0 aliphatic heterocycles. The third-order valence-electron chi connectivity index (χ3n) is 3.97. The minimum absolute atomic E-state index is 0.242. The molecule has 0 aliphatic rings. The number of carboxylic acids is 1. The predicted molar refractivity (Wildman–Crippen MR) is 118 cm³/mol. The highest BCUT2D eigenvalue weighted by Gasteiger charge is 2.04. The van der Waals surface area contributed by atoms with Gasteiger partial charge in [-0.15, -0.1) is 0 Å². The molecular weight excluding hydrogens is 483 g/mol. The molecule has 3 rings (SSSR count). The number of ether oxygens (including phenoxy) is 1. The number of nitrogens with one attached hydrogen (secondary N) is 1. The molecule has 0 atom stereocenters. The fourth-order valence-electron chi connectivity index (χ4n) is 2.39. The second-order valence-electron chi connectivity index (χ2n) is 6.07. The van der Waals surface area contributed by atoms with Gasteiger partial charge in [0, 0.05) is 9.13 Å². The highest BCUT2D eigenvalue weighted by molar-refractivity contribution is 14.1. The Morgan fingerprint density at radius 3 is 2.17 bits per heavy atom. The molecule has 146 valence electrons. The Kier molecular flexibility index (Phi) is 6.96. The van der Waals surface area contributed by atoms with Gasteiger partial charge < -0.3 is 9.84 Å². The van der Waals surface area contributed by atoms with Crippen molar-refractivity contribution in [2.24, 2.45) is 5.10 Å². The number of hydrazone groups is 1. The zero-order valence-electron chi connectivity index (χ0n) is 15.2. The quantitative estimate of drug-likeness (QED) is 0.287. The lowest BCUT2D eigenvalue weighted by Crippen LogP contribution is -2.17. The Labute approximate surface area is 181 Å². The number of hydrogen-bond acceptors (Lipinski definition) is 4. The van der Waals surface area contributed by atoms with E-state index in [0.717, 1.165) is 14.7 Å². The standard InChI is InChI=1S/C22H17IN2O4/c23-19-9-7-17(8-10-19)21(26)25-24-13-15-3-11-20(12-4-15)29-14-16-1-5-18(6-2-16)22(27)28/h1-13H,14H2,(H,25,26)(H,27,28). The zero-order chi connectivity index (χ0) is 20.6. The summed E-state index contributed by atoms with van der Waals surface area (Å²) in [6.07, 6.45) is 1.55. The van der Waals surface area contributed by atoms with E-state index in [9.17, 15) is 9.59 Å². The number of hydrogen-bond donors (Lipinski definition) is 2. The van der Waals surface area contributed by atoms with Crippen LogP contribution in [-0.4, -0.2) is 23.2 Å². The molecule has 0 saturated carbocycles. The average Bonchev–Trinajstić information content (AvgIpc) is 2.74. The van der Waals surface area contributed by atoms with Crippen molar-refractivity contribution in [3.8, 4) is 5.75 Å². The SMILES string of the molecule is O=C(O)c1ccc(COc2ccc(C=NNC(=O)c3ccc(I)cc3)cc2)cc1. The summed E-state index contributed by atoms with van der Waals surface area (Å²) in [6, 6.07) is 21.0. The molecule has 7 heteroatoms. The lowest BCUT2D eigenvalue weighted by Gasteiger charge is -2.07. The molecule has 0 fully saturated rings. The smallest absolute Gasteiger partial charge is 0.335 e. The van der Waals surface area contributed by atoms with E-state index in [-0.39, 0.29) is 11.5 Å². The van der Waals surface area contributed by atoms with Gasteiger partial charge in [0.1, 0.15) is 12.4 Å². The van der Waals surface area contributed by atoms with E-state index in [1.165, 1.54) is 0 Å². The maximum Gasteiger partial charge on any atom is 0.335 e. The summed E-state index contributed by atoms with van der Waals surface area (Å²) in [6.45, 7) is 0.333. The van der Waals surface area contributed by atoms with Crippen molar-refractivity contribution in [2.75, 3.05) is 0 Å².